The van der Waals surface area contributed by atoms with E-state index in [1.54, 1.807) is 13.2 Å². The predicted molar refractivity (Wildman–Crippen MR) is 99.4 cm³/mol. The van der Waals surface area contributed by atoms with Gasteiger partial charge in [0.2, 0.25) is 5.88 Å². The Labute approximate surface area is 150 Å². The molecule has 0 fully saturated rings. The van der Waals surface area contributed by atoms with Gasteiger partial charge in [-0.3, -0.25) is 14.8 Å². The van der Waals surface area contributed by atoms with Crippen molar-refractivity contribution in [2.24, 2.45) is 7.05 Å². The van der Waals surface area contributed by atoms with Crippen LogP contribution in [0.3, 0.4) is 0 Å². The third kappa shape index (κ3) is 3.71. The van der Waals surface area contributed by atoms with Crippen molar-refractivity contribution in [2.75, 3.05) is 12.4 Å². The average molecular weight is 356 g/mol. The maximum absolute atomic E-state index is 12.4. The van der Waals surface area contributed by atoms with Gasteiger partial charge in [0, 0.05) is 24.2 Å². The van der Waals surface area contributed by atoms with E-state index in [9.17, 15) is 4.79 Å². The van der Waals surface area contributed by atoms with E-state index >= 15 is 0 Å². The lowest BCUT2D eigenvalue weighted by Crippen LogP contribution is -2.12. The van der Waals surface area contributed by atoms with Crippen LogP contribution in [0, 0.1) is 0 Å². The highest BCUT2D eigenvalue weighted by atomic mass is 32.1. The molecule has 7 heteroatoms. The number of carbonyl (C=O) groups is 1. The van der Waals surface area contributed by atoms with Crippen molar-refractivity contribution in [1.82, 2.24) is 14.8 Å². The molecule has 130 valence electrons. The minimum absolute atomic E-state index is 0.291. The minimum Gasteiger partial charge on any atom is -0.479 e. The number of rotatable bonds is 5. The van der Waals surface area contributed by atoms with Crippen molar-refractivity contribution in [3.63, 3.8) is 0 Å². The molecule has 0 spiro atoms. The topological polar surface area (TPSA) is 69.0 Å². The first-order chi connectivity index (χ1) is 12.0. The summed E-state index contributed by atoms with van der Waals surface area (Å²) in [5.41, 5.74) is 3.54. The highest BCUT2D eigenvalue weighted by Crippen LogP contribution is 2.27. The standard InChI is InChI=1S/C18H20N4O2S/c1-11(2)12-5-7-13(8-6-12)15-10-25-18(19-15)20-16(23)14-9-22(3)21-17(14)24-4/h5-11H,1-4H3,(H,19,20,23). The van der Waals surface area contributed by atoms with Crippen LogP contribution in [0.5, 0.6) is 5.88 Å². The van der Waals surface area contributed by atoms with Crippen LogP contribution < -0.4 is 10.1 Å². The van der Waals surface area contributed by atoms with Gasteiger partial charge < -0.3 is 4.74 Å². The van der Waals surface area contributed by atoms with Crippen molar-refractivity contribution < 1.29 is 9.53 Å². The van der Waals surface area contributed by atoms with Crippen LogP contribution in [-0.2, 0) is 7.05 Å². The van der Waals surface area contributed by atoms with Gasteiger partial charge in [0.1, 0.15) is 5.56 Å². The molecular formula is C18H20N4O2S. The van der Waals surface area contributed by atoms with Crippen LogP contribution in [-0.4, -0.2) is 27.8 Å². The Kier molecular flexibility index (Phi) is 4.85. The van der Waals surface area contributed by atoms with Gasteiger partial charge in [-0.05, 0) is 11.5 Å². The normalized spacial score (nSPS) is 10.9. The molecule has 1 aromatic carbocycles. The third-order valence-corrected chi connectivity index (χ3v) is 4.59. The Morgan fingerprint density at radius 3 is 2.64 bits per heavy atom. The highest BCUT2D eigenvalue weighted by Gasteiger charge is 2.18. The zero-order valence-corrected chi connectivity index (χ0v) is 15.4. The molecule has 0 atom stereocenters. The maximum Gasteiger partial charge on any atom is 0.264 e. The van der Waals surface area contributed by atoms with Crippen LogP contribution in [0.4, 0.5) is 5.13 Å². The smallest absolute Gasteiger partial charge is 0.264 e. The Morgan fingerprint density at radius 1 is 1.28 bits per heavy atom. The van der Waals surface area contributed by atoms with E-state index < -0.39 is 0 Å². The number of nitrogens with zero attached hydrogens (tertiary/aromatic N) is 3. The number of aromatic nitrogens is 3. The largest absolute Gasteiger partial charge is 0.479 e. The second-order valence-corrected chi connectivity index (χ2v) is 6.85. The molecule has 3 aromatic rings. The third-order valence-electron chi connectivity index (χ3n) is 3.83. The summed E-state index contributed by atoms with van der Waals surface area (Å²) in [6.45, 7) is 4.33. The number of ether oxygens (including phenoxy) is 1. The maximum atomic E-state index is 12.4. The average Bonchev–Trinajstić information content (AvgIpc) is 3.21. The molecular weight excluding hydrogens is 336 g/mol. The van der Waals surface area contributed by atoms with Gasteiger partial charge >= 0.3 is 0 Å². The molecule has 0 radical (unpaired) electrons. The lowest BCUT2D eigenvalue weighted by molar-refractivity contribution is 0.102. The van der Waals surface area contributed by atoms with E-state index in [0.29, 0.717) is 22.5 Å². The molecule has 0 bridgehead atoms. The van der Waals surface area contributed by atoms with E-state index in [4.69, 9.17) is 4.74 Å². The van der Waals surface area contributed by atoms with Crippen molar-refractivity contribution in [3.05, 3.63) is 47.0 Å². The fraction of sp³-hybridized carbons (Fsp3) is 0.278. The second-order valence-electron chi connectivity index (χ2n) is 5.99. The number of methoxy groups -OCH3 is 1. The number of hydrogen-bond acceptors (Lipinski definition) is 5. The van der Waals surface area contributed by atoms with Crippen LogP contribution in [0.2, 0.25) is 0 Å². The van der Waals surface area contributed by atoms with Crippen LogP contribution in [0.25, 0.3) is 11.3 Å². The fourth-order valence-corrected chi connectivity index (χ4v) is 3.16. The number of nitrogens with one attached hydrogen (secondary N) is 1. The zero-order valence-electron chi connectivity index (χ0n) is 14.6. The number of anilines is 1. The molecule has 1 N–H and O–H groups in total. The van der Waals surface area contributed by atoms with Gasteiger partial charge in [-0.15, -0.1) is 16.4 Å². The Morgan fingerprint density at radius 2 is 2.00 bits per heavy atom. The van der Waals surface area contributed by atoms with E-state index in [0.717, 1.165) is 11.3 Å². The number of carbonyl (C=O) groups excluding carboxylic acids is 1. The molecule has 0 aliphatic rings. The number of benzene rings is 1. The first-order valence-electron chi connectivity index (χ1n) is 7.92. The Bertz CT molecular complexity index is 881. The van der Waals surface area contributed by atoms with Gasteiger partial charge in [0.05, 0.1) is 12.8 Å². The van der Waals surface area contributed by atoms with E-state index in [1.165, 1.54) is 28.7 Å². The summed E-state index contributed by atoms with van der Waals surface area (Å²) in [7, 11) is 3.23. The lowest BCUT2D eigenvalue weighted by atomic mass is 10.0. The molecule has 25 heavy (non-hydrogen) atoms. The van der Waals surface area contributed by atoms with Crippen molar-refractivity contribution in [3.8, 4) is 17.1 Å². The number of thiazole rings is 1. The summed E-state index contributed by atoms with van der Waals surface area (Å²) in [5, 5.41) is 9.36. The quantitative estimate of drug-likeness (QED) is 0.752. The SMILES string of the molecule is COc1nn(C)cc1C(=O)Nc1nc(-c2ccc(C(C)C)cc2)cs1. The second kappa shape index (κ2) is 7.06. The van der Waals surface area contributed by atoms with Crippen LogP contribution in [0.1, 0.15) is 35.7 Å². The summed E-state index contributed by atoms with van der Waals surface area (Å²) in [4.78, 5) is 16.9. The van der Waals surface area contributed by atoms with Gasteiger partial charge in [-0.25, -0.2) is 4.98 Å². The van der Waals surface area contributed by atoms with E-state index in [-0.39, 0.29) is 5.91 Å². The monoisotopic (exact) mass is 356 g/mol. The molecule has 6 nitrogen and oxygen atoms in total. The molecule has 2 aromatic heterocycles. The zero-order chi connectivity index (χ0) is 18.0. The van der Waals surface area contributed by atoms with E-state index in [1.807, 2.05) is 5.38 Å². The summed E-state index contributed by atoms with van der Waals surface area (Å²) < 4.78 is 6.66. The number of hydrogen-bond donors (Lipinski definition) is 1. The summed E-state index contributed by atoms with van der Waals surface area (Å²) in [6, 6.07) is 8.33. The van der Waals surface area contributed by atoms with Gasteiger partial charge in [0.25, 0.3) is 5.91 Å². The number of amides is 1. The van der Waals surface area contributed by atoms with Crippen LogP contribution in [0.15, 0.2) is 35.8 Å². The molecule has 3 rings (SSSR count). The lowest BCUT2D eigenvalue weighted by Gasteiger charge is -2.05. The molecule has 0 saturated heterocycles. The van der Waals surface area contributed by atoms with Crippen LogP contribution >= 0.6 is 11.3 Å². The molecule has 0 unspecified atom stereocenters. The van der Waals surface area contributed by atoms with Crippen molar-refractivity contribution in [2.45, 2.75) is 19.8 Å². The number of aryl methyl sites for hydroxylation is 1. The van der Waals surface area contributed by atoms with Gasteiger partial charge in [0.15, 0.2) is 5.13 Å². The predicted octanol–water partition coefficient (Wildman–Crippen LogP) is 3.93. The minimum atomic E-state index is -0.291. The van der Waals surface area contributed by atoms with Gasteiger partial charge in [-0.1, -0.05) is 38.1 Å². The summed E-state index contributed by atoms with van der Waals surface area (Å²) in [5.74, 6) is 0.496. The van der Waals surface area contributed by atoms with Crippen molar-refractivity contribution >= 4 is 22.4 Å². The first-order valence-corrected chi connectivity index (χ1v) is 8.80. The van der Waals surface area contributed by atoms with E-state index in [2.05, 4.69) is 53.5 Å². The highest BCUT2D eigenvalue weighted by molar-refractivity contribution is 7.14. The molecule has 0 saturated carbocycles. The summed E-state index contributed by atoms with van der Waals surface area (Å²) in [6.07, 6.45) is 1.62. The molecule has 1 amide bonds. The van der Waals surface area contributed by atoms with Gasteiger partial charge in [-0.2, -0.15) is 0 Å². The fourth-order valence-electron chi connectivity index (χ4n) is 2.44. The molecule has 0 aliphatic carbocycles. The Hall–Kier alpha value is -2.67. The molecule has 2 heterocycles. The molecule has 0 aliphatic heterocycles. The first kappa shape index (κ1) is 17.2. The summed E-state index contributed by atoms with van der Waals surface area (Å²) >= 11 is 1.39. The van der Waals surface area contributed by atoms with Crippen molar-refractivity contribution in [1.29, 1.82) is 0 Å². The Balaban J connectivity index is 1.76.